The summed E-state index contributed by atoms with van der Waals surface area (Å²) in [6.45, 7) is 1.66. The van der Waals surface area contributed by atoms with Crippen LogP contribution < -0.4 is 5.32 Å². The molecule has 1 aromatic carbocycles. The molecule has 11 heteroatoms. The fourth-order valence-electron chi connectivity index (χ4n) is 4.79. The van der Waals surface area contributed by atoms with Gasteiger partial charge in [0.15, 0.2) is 6.61 Å². The summed E-state index contributed by atoms with van der Waals surface area (Å²) in [4.78, 5) is 17.0. The summed E-state index contributed by atoms with van der Waals surface area (Å²) in [5.74, 6) is 0.447. The molecule has 1 aromatic rings. The number of aliphatic hydroxyl groups is 3. The fourth-order valence-corrected chi connectivity index (χ4v) is 5.18. The van der Waals surface area contributed by atoms with Gasteiger partial charge in [-0.05, 0) is 37.3 Å². The topological polar surface area (TPSA) is 136 Å². The van der Waals surface area contributed by atoms with Gasteiger partial charge >= 0.3 is 0 Å². The van der Waals surface area contributed by atoms with Gasteiger partial charge in [-0.2, -0.15) is 14.1 Å². The number of oxime groups is 1. The highest BCUT2D eigenvalue weighted by molar-refractivity contribution is 7.95. The summed E-state index contributed by atoms with van der Waals surface area (Å²) < 4.78 is 13.0. The van der Waals surface area contributed by atoms with Gasteiger partial charge in [0.05, 0.1) is 36.3 Å². The molecule has 37 heavy (non-hydrogen) atoms. The number of nitrogens with zero attached hydrogens (tertiary/aromatic N) is 3. The summed E-state index contributed by atoms with van der Waals surface area (Å²) >= 11 is -0.219. The largest absolute Gasteiger partial charge is 0.396 e. The van der Waals surface area contributed by atoms with Crippen molar-refractivity contribution in [2.75, 3.05) is 13.2 Å². The molecule has 1 saturated carbocycles. The number of hydrogen-bond donors (Lipinski definition) is 4. The zero-order chi connectivity index (χ0) is 26.6. The Morgan fingerprint density at radius 2 is 1.89 bits per heavy atom. The van der Waals surface area contributed by atoms with Crippen LogP contribution in [-0.4, -0.2) is 69.5 Å². The van der Waals surface area contributed by atoms with Crippen LogP contribution in [0.25, 0.3) is 0 Å². The average molecular weight is 537 g/mol. The number of nitrogens with one attached hydrogen (secondary N) is 1. The number of amides is 1. The zero-order valence-corrected chi connectivity index (χ0v) is 21.9. The van der Waals surface area contributed by atoms with Crippen LogP contribution in [0.15, 0.2) is 39.6 Å². The minimum absolute atomic E-state index is 0.0981. The Bertz CT molecular complexity index is 959. The normalized spacial score (nSPS) is 22.6. The van der Waals surface area contributed by atoms with E-state index in [0.29, 0.717) is 18.4 Å². The maximum absolute atomic E-state index is 13.0. The van der Waals surface area contributed by atoms with Crippen LogP contribution in [0.1, 0.15) is 63.0 Å². The van der Waals surface area contributed by atoms with Gasteiger partial charge in [0, 0.05) is 30.7 Å². The van der Waals surface area contributed by atoms with E-state index in [0.717, 1.165) is 41.6 Å². The molecule has 5 atom stereocenters. The van der Waals surface area contributed by atoms with Crippen molar-refractivity contribution in [1.29, 1.82) is 0 Å². The average Bonchev–Trinajstić information content (AvgIpc) is 2.88. The number of hydrogen-bond acceptors (Lipinski definition) is 9. The molecule has 9 nitrogen and oxygen atoms in total. The lowest BCUT2D eigenvalue weighted by atomic mass is 9.74. The van der Waals surface area contributed by atoms with Gasteiger partial charge in [0.25, 0.3) is 5.91 Å². The zero-order valence-electron chi connectivity index (χ0n) is 21.1. The monoisotopic (exact) mass is 536 g/mol. The van der Waals surface area contributed by atoms with E-state index in [1.54, 1.807) is 0 Å². The molecule has 5 unspecified atom stereocenters. The first kappa shape index (κ1) is 29.2. The van der Waals surface area contributed by atoms with E-state index in [-0.39, 0.29) is 31.8 Å². The molecule has 0 aromatic heterocycles. The third kappa shape index (κ3) is 8.59. The van der Waals surface area contributed by atoms with Crippen LogP contribution in [0.3, 0.4) is 0 Å². The van der Waals surface area contributed by atoms with E-state index in [2.05, 4.69) is 27.6 Å². The Morgan fingerprint density at radius 3 is 2.57 bits per heavy atom. The van der Waals surface area contributed by atoms with Crippen LogP contribution in [0, 0.1) is 11.8 Å². The van der Waals surface area contributed by atoms with E-state index < -0.39 is 23.4 Å². The second-order valence-electron chi connectivity index (χ2n) is 9.56. The Hall–Kier alpha value is -2.34. The van der Waals surface area contributed by atoms with Gasteiger partial charge in [-0.3, -0.25) is 4.79 Å². The first-order chi connectivity index (χ1) is 17.9. The highest BCUT2D eigenvalue weighted by Gasteiger charge is 2.32. The Morgan fingerprint density at radius 1 is 1.19 bits per heavy atom. The molecule has 0 spiro atoms. The predicted octanol–water partition coefficient (Wildman–Crippen LogP) is 3.16. The Labute approximate surface area is 221 Å². The van der Waals surface area contributed by atoms with Crippen molar-refractivity contribution in [3.05, 3.63) is 35.4 Å². The number of carbonyl (C=O) groups excluding carboxylic acids is 1. The molecular formula is C26H37FN4O5S. The lowest BCUT2D eigenvalue weighted by molar-refractivity contribution is -0.125. The number of halogens is 1. The smallest absolute Gasteiger partial charge is 0.261 e. The number of fused-ring (bicyclic) bond motifs is 1. The molecule has 1 aliphatic heterocycles. The second-order valence-corrected chi connectivity index (χ2v) is 10.3. The van der Waals surface area contributed by atoms with Gasteiger partial charge in [0.2, 0.25) is 0 Å². The van der Waals surface area contributed by atoms with Crippen LogP contribution in [-0.2, 0) is 16.2 Å². The Kier molecular flexibility index (Phi) is 12.0. The van der Waals surface area contributed by atoms with Gasteiger partial charge < -0.3 is 25.5 Å². The highest BCUT2D eigenvalue weighted by Crippen LogP contribution is 2.34. The minimum atomic E-state index is -1.47. The van der Waals surface area contributed by atoms with Crippen molar-refractivity contribution in [3.63, 3.8) is 0 Å². The summed E-state index contributed by atoms with van der Waals surface area (Å²) in [7, 11) is 0. The molecule has 1 heterocycles. The molecular weight excluding hydrogens is 499 g/mol. The van der Waals surface area contributed by atoms with Crippen molar-refractivity contribution < 1.29 is 28.8 Å². The van der Waals surface area contributed by atoms with Crippen LogP contribution >= 0.6 is 12.1 Å². The molecule has 2 aliphatic rings. The van der Waals surface area contributed by atoms with E-state index >= 15 is 0 Å². The van der Waals surface area contributed by atoms with Crippen molar-refractivity contribution in [3.8, 4) is 0 Å². The lowest BCUT2D eigenvalue weighted by Crippen LogP contribution is -2.36. The minimum Gasteiger partial charge on any atom is -0.396 e. The summed E-state index contributed by atoms with van der Waals surface area (Å²) in [6.07, 6.45) is 5.39. The molecule has 4 N–H and O–H groups in total. The van der Waals surface area contributed by atoms with Crippen molar-refractivity contribution >= 4 is 35.7 Å². The SMILES string of the molecule is CC1=NN=C(c2ccc(CNC(=O)CO/N=C/C(SF)C(O)C(O)CCO)cc2)C2CCCCCCC12. The third-order valence-corrected chi connectivity index (χ3v) is 7.55. The Balaban J connectivity index is 1.47. The summed E-state index contributed by atoms with van der Waals surface area (Å²) in [5.41, 5.74) is 4.17. The number of rotatable bonds is 12. The highest BCUT2D eigenvalue weighted by atomic mass is 32.2. The lowest BCUT2D eigenvalue weighted by Gasteiger charge is -2.32. The van der Waals surface area contributed by atoms with E-state index in [1.165, 1.54) is 25.7 Å². The quantitative estimate of drug-likeness (QED) is 0.239. The first-order valence-electron chi connectivity index (χ1n) is 12.8. The van der Waals surface area contributed by atoms with E-state index in [9.17, 15) is 18.9 Å². The molecule has 1 amide bonds. The van der Waals surface area contributed by atoms with Gasteiger partial charge in [-0.15, -0.1) is 0 Å². The summed E-state index contributed by atoms with van der Waals surface area (Å²) in [6, 6.07) is 7.97. The number of carbonyl (C=O) groups is 1. The molecule has 0 radical (unpaired) electrons. The van der Waals surface area contributed by atoms with Gasteiger partial charge in [-0.25, -0.2) is 0 Å². The molecule has 1 fully saturated rings. The van der Waals surface area contributed by atoms with Crippen molar-refractivity contribution in [1.82, 2.24) is 5.32 Å². The standard InChI is InChI=1S/C26H37FN4O5S/c1-17-20-6-4-2-3-5-7-21(20)25(31-30-17)19-10-8-18(9-11-19)14-28-24(34)16-36-29-15-23(37-27)26(35)22(33)12-13-32/h8-11,15,20-23,26,32-33,35H,2-7,12-14,16H2,1H3,(H,28,34)/b29-15+. The van der Waals surface area contributed by atoms with E-state index in [1.807, 2.05) is 24.3 Å². The molecule has 3 rings (SSSR count). The third-order valence-electron chi connectivity index (χ3n) is 6.95. The molecule has 204 valence electrons. The first-order valence-corrected chi connectivity index (χ1v) is 13.6. The van der Waals surface area contributed by atoms with Gasteiger partial charge in [0.1, 0.15) is 5.25 Å². The molecule has 0 saturated heterocycles. The molecule has 1 aliphatic carbocycles. The number of aliphatic hydroxyl groups excluding tert-OH is 3. The maximum atomic E-state index is 13.0. The van der Waals surface area contributed by atoms with Gasteiger partial charge in [-0.1, -0.05) is 55.1 Å². The fraction of sp³-hybridized carbons (Fsp3) is 0.615. The van der Waals surface area contributed by atoms with Crippen molar-refractivity contribution in [2.24, 2.45) is 27.2 Å². The van der Waals surface area contributed by atoms with Crippen LogP contribution in [0.5, 0.6) is 0 Å². The van der Waals surface area contributed by atoms with Crippen LogP contribution in [0.2, 0.25) is 0 Å². The maximum Gasteiger partial charge on any atom is 0.261 e. The number of benzene rings is 1. The predicted molar refractivity (Wildman–Crippen MR) is 143 cm³/mol. The van der Waals surface area contributed by atoms with Crippen molar-refractivity contribution in [2.45, 2.75) is 75.9 Å². The van der Waals surface area contributed by atoms with E-state index in [4.69, 9.17) is 9.94 Å². The summed E-state index contributed by atoms with van der Waals surface area (Å²) in [5, 5.41) is 42.4. The second kappa shape index (κ2) is 15.2. The van der Waals surface area contributed by atoms with Crippen LogP contribution in [0.4, 0.5) is 3.89 Å². The molecule has 0 bridgehead atoms.